The Morgan fingerprint density at radius 1 is 1.12 bits per heavy atom. The molecule has 84 valence electrons. The third kappa shape index (κ3) is 1.33. The number of carbonyl (C=O) groups is 1. The minimum Gasteiger partial charge on any atom is -0.363 e. The average Bonchev–Trinajstić information content (AvgIpc) is 2.65. The summed E-state index contributed by atoms with van der Waals surface area (Å²) in [5.74, 6) is -0.326. The highest BCUT2D eigenvalue weighted by Gasteiger charge is 2.42. The van der Waals surface area contributed by atoms with Crippen LogP contribution in [0.25, 0.3) is 0 Å². The van der Waals surface area contributed by atoms with Crippen LogP contribution in [0.1, 0.15) is 21.5 Å². The van der Waals surface area contributed by atoms with Crippen LogP contribution in [-0.4, -0.2) is 21.0 Å². The van der Waals surface area contributed by atoms with Crippen LogP contribution in [0.4, 0.5) is 0 Å². The molecule has 2 aromatic heterocycles. The van der Waals surface area contributed by atoms with Gasteiger partial charge in [-0.1, -0.05) is 0 Å². The van der Waals surface area contributed by atoms with Crippen LogP contribution in [0.2, 0.25) is 0 Å². The number of aliphatic hydroxyl groups is 1. The molecule has 0 saturated heterocycles. The Hall–Kier alpha value is -2.27. The number of carbonyl (C=O) groups excluding carboxylic acids is 1. The van der Waals surface area contributed by atoms with Crippen LogP contribution in [0.15, 0.2) is 43.0 Å². The van der Waals surface area contributed by atoms with Gasteiger partial charge in [-0.05, 0) is 18.2 Å². The summed E-state index contributed by atoms with van der Waals surface area (Å²) >= 11 is 0. The highest BCUT2D eigenvalue weighted by Crippen LogP contribution is 2.33. The monoisotopic (exact) mass is 227 g/mol. The second-order valence-corrected chi connectivity index (χ2v) is 3.82. The highest BCUT2D eigenvalue weighted by atomic mass is 16.3. The third-order valence-corrected chi connectivity index (χ3v) is 2.85. The van der Waals surface area contributed by atoms with E-state index in [1.807, 2.05) is 0 Å². The maximum absolute atomic E-state index is 11.7. The molecule has 1 aliphatic rings. The number of rotatable bonds is 1. The molecule has 2 aromatic rings. The van der Waals surface area contributed by atoms with Crippen molar-refractivity contribution >= 4 is 5.91 Å². The van der Waals surface area contributed by atoms with Crippen LogP contribution in [0.5, 0.6) is 0 Å². The van der Waals surface area contributed by atoms with Crippen LogP contribution >= 0.6 is 0 Å². The Kier molecular flexibility index (Phi) is 1.96. The maximum atomic E-state index is 11.7. The molecule has 1 aliphatic heterocycles. The summed E-state index contributed by atoms with van der Waals surface area (Å²) in [5.41, 5.74) is -0.000475. The lowest BCUT2D eigenvalue weighted by Gasteiger charge is -2.23. The van der Waals surface area contributed by atoms with E-state index in [1.165, 1.54) is 6.20 Å². The topological polar surface area (TPSA) is 75.1 Å². The molecule has 17 heavy (non-hydrogen) atoms. The number of amides is 1. The molecule has 0 aromatic carbocycles. The van der Waals surface area contributed by atoms with Crippen LogP contribution in [0.3, 0.4) is 0 Å². The Balaban J connectivity index is 2.21. The quantitative estimate of drug-likeness (QED) is 0.740. The van der Waals surface area contributed by atoms with Crippen LogP contribution < -0.4 is 5.32 Å². The van der Waals surface area contributed by atoms with Crippen molar-refractivity contribution in [1.29, 1.82) is 0 Å². The van der Waals surface area contributed by atoms with Crippen molar-refractivity contribution in [3.05, 3.63) is 59.7 Å². The Labute approximate surface area is 97.2 Å². The van der Waals surface area contributed by atoms with Gasteiger partial charge in [0.05, 0.1) is 5.56 Å². The molecule has 0 aliphatic carbocycles. The molecule has 1 atom stereocenters. The zero-order valence-corrected chi connectivity index (χ0v) is 8.79. The van der Waals surface area contributed by atoms with Gasteiger partial charge in [-0.15, -0.1) is 0 Å². The number of fused-ring (bicyclic) bond motifs is 1. The molecule has 3 heterocycles. The fourth-order valence-electron chi connectivity index (χ4n) is 2.01. The molecular formula is C12H9N3O2. The van der Waals surface area contributed by atoms with Gasteiger partial charge in [0.1, 0.15) is 0 Å². The largest absolute Gasteiger partial charge is 0.363 e. The zero-order valence-electron chi connectivity index (χ0n) is 8.79. The summed E-state index contributed by atoms with van der Waals surface area (Å²) in [4.78, 5) is 19.5. The van der Waals surface area contributed by atoms with Gasteiger partial charge in [0.25, 0.3) is 5.91 Å². The Morgan fingerprint density at radius 2 is 1.82 bits per heavy atom. The number of aromatic nitrogens is 2. The van der Waals surface area contributed by atoms with E-state index >= 15 is 0 Å². The average molecular weight is 227 g/mol. The van der Waals surface area contributed by atoms with Gasteiger partial charge in [0.15, 0.2) is 5.72 Å². The third-order valence-electron chi connectivity index (χ3n) is 2.85. The summed E-state index contributed by atoms with van der Waals surface area (Å²) in [7, 11) is 0. The smallest absolute Gasteiger partial charge is 0.256 e. The molecule has 5 nitrogen and oxygen atoms in total. The number of pyridine rings is 2. The molecule has 2 N–H and O–H groups in total. The molecule has 5 heteroatoms. The first-order chi connectivity index (χ1) is 8.22. The Morgan fingerprint density at radius 3 is 2.59 bits per heavy atom. The summed E-state index contributed by atoms with van der Waals surface area (Å²) in [5, 5.41) is 13.2. The van der Waals surface area contributed by atoms with Crippen molar-refractivity contribution in [2.75, 3.05) is 0 Å². The number of nitrogens with zero attached hydrogens (tertiary/aromatic N) is 2. The van der Waals surface area contributed by atoms with Gasteiger partial charge in [0, 0.05) is 35.9 Å². The van der Waals surface area contributed by atoms with Gasteiger partial charge < -0.3 is 10.4 Å². The minimum atomic E-state index is -1.49. The zero-order chi connectivity index (χ0) is 11.9. The van der Waals surface area contributed by atoms with Gasteiger partial charge in [-0.3, -0.25) is 14.8 Å². The molecule has 3 rings (SSSR count). The van der Waals surface area contributed by atoms with Gasteiger partial charge in [0.2, 0.25) is 0 Å². The summed E-state index contributed by atoms with van der Waals surface area (Å²) in [6.07, 6.45) is 6.13. The van der Waals surface area contributed by atoms with E-state index in [0.29, 0.717) is 16.7 Å². The van der Waals surface area contributed by atoms with Crippen molar-refractivity contribution < 1.29 is 9.90 Å². The predicted octanol–water partition coefficient (Wildman–Crippen LogP) is 0.413. The second kappa shape index (κ2) is 3.36. The van der Waals surface area contributed by atoms with Gasteiger partial charge in [-0.2, -0.15) is 0 Å². The first-order valence-corrected chi connectivity index (χ1v) is 5.12. The summed E-state index contributed by atoms with van der Waals surface area (Å²) in [6.45, 7) is 0. The van der Waals surface area contributed by atoms with Crippen molar-refractivity contribution in [1.82, 2.24) is 15.3 Å². The van der Waals surface area contributed by atoms with Crippen LogP contribution in [-0.2, 0) is 5.72 Å². The first kappa shape index (κ1) is 9.92. The van der Waals surface area contributed by atoms with E-state index in [1.54, 1.807) is 36.8 Å². The minimum absolute atomic E-state index is 0.326. The fraction of sp³-hybridized carbons (Fsp3) is 0.0833. The maximum Gasteiger partial charge on any atom is 0.256 e. The van der Waals surface area contributed by atoms with E-state index in [0.717, 1.165) is 0 Å². The number of hydrogen-bond acceptors (Lipinski definition) is 4. The molecule has 0 spiro atoms. The van der Waals surface area contributed by atoms with Crippen molar-refractivity contribution in [3.8, 4) is 0 Å². The lowest BCUT2D eigenvalue weighted by molar-refractivity contribution is 0.0475. The van der Waals surface area contributed by atoms with E-state index < -0.39 is 5.72 Å². The van der Waals surface area contributed by atoms with Crippen LogP contribution in [0, 0.1) is 0 Å². The fourth-order valence-corrected chi connectivity index (χ4v) is 2.01. The Bertz CT molecular complexity index is 585. The number of nitrogens with one attached hydrogen (secondary N) is 1. The van der Waals surface area contributed by atoms with Crippen molar-refractivity contribution in [2.45, 2.75) is 5.72 Å². The van der Waals surface area contributed by atoms with Crippen molar-refractivity contribution in [3.63, 3.8) is 0 Å². The molecule has 0 fully saturated rings. The van der Waals surface area contributed by atoms with Gasteiger partial charge >= 0.3 is 0 Å². The van der Waals surface area contributed by atoms with Crippen molar-refractivity contribution in [2.24, 2.45) is 0 Å². The lowest BCUT2D eigenvalue weighted by Crippen LogP contribution is -2.40. The van der Waals surface area contributed by atoms with Gasteiger partial charge in [-0.25, -0.2) is 0 Å². The molecule has 0 radical (unpaired) electrons. The molecule has 1 amide bonds. The van der Waals surface area contributed by atoms with E-state index in [2.05, 4.69) is 15.3 Å². The molecule has 1 unspecified atom stereocenters. The normalized spacial score (nSPS) is 22.1. The van der Waals surface area contributed by atoms with E-state index in [9.17, 15) is 9.90 Å². The summed E-state index contributed by atoms with van der Waals surface area (Å²) < 4.78 is 0. The molecular weight excluding hydrogens is 218 g/mol. The second-order valence-electron chi connectivity index (χ2n) is 3.82. The SMILES string of the molecule is O=C1NC(O)(c2ccncc2)c2ccncc21. The lowest BCUT2D eigenvalue weighted by atomic mass is 9.97. The number of hydrogen-bond donors (Lipinski definition) is 2. The van der Waals surface area contributed by atoms with E-state index in [4.69, 9.17) is 0 Å². The predicted molar refractivity (Wildman–Crippen MR) is 58.9 cm³/mol. The standard InChI is InChI=1S/C12H9N3O2/c16-11-9-7-14-6-3-10(9)12(17,15-11)8-1-4-13-5-2-8/h1-7,17H,(H,15,16). The highest BCUT2D eigenvalue weighted by molar-refractivity contribution is 5.99. The molecule has 0 saturated carbocycles. The molecule has 0 bridgehead atoms. The van der Waals surface area contributed by atoms with E-state index in [-0.39, 0.29) is 5.91 Å². The first-order valence-electron chi connectivity index (χ1n) is 5.12. The summed E-state index contributed by atoms with van der Waals surface area (Å²) in [6, 6.07) is 4.96.